The summed E-state index contributed by atoms with van der Waals surface area (Å²) in [6, 6.07) is 11.2. The van der Waals surface area contributed by atoms with Gasteiger partial charge in [-0.1, -0.05) is 0 Å². The molecule has 9 nitrogen and oxygen atoms in total. The van der Waals surface area contributed by atoms with Crippen LogP contribution in [0.5, 0.6) is 0 Å². The lowest BCUT2D eigenvalue weighted by Gasteiger charge is -2.43. The number of carbonyl (C=O) groups excluding carboxylic acids is 2. The first-order valence-corrected chi connectivity index (χ1v) is 12.9. The lowest BCUT2D eigenvalue weighted by molar-refractivity contribution is -0.140. The molecule has 216 valence electrons. The minimum Gasteiger partial charge on any atom is -0.339 e. The van der Waals surface area contributed by atoms with Crippen LogP contribution < -0.4 is 10.2 Å². The van der Waals surface area contributed by atoms with E-state index in [1.165, 1.54) is 40.2 Å². The van der Waals surface area contributed by atoms with E-state index < -0.39 is 34.8 Å². The maximum absolute atomic E-state index is 14.5. The van der Waals surface area contributed by atoms with Gasteiger partial charge in [-0.2, -0.15) is 28.5 Å². The number of benzene rings is 2. The number of hydrogen-bond donors (Lipinski definition) is 1. The van der Waals surface area contributed by atoms with E-state index in [-0.39, 0.29) is 37.0 Å². The largest absolute Gasteiger partial charge is 0.419 e. The summed E-state index contributed by atoms with van der Waals surface area (Å²) in [5, 5.41) is 14.7. The number of nitrogens with zero attached hydrogens (tertiary/aromatic N) is 6. The molecule has 2 aromatic carbocycles. The van der Waals surface area contributed by atoms with Gasteiger partial charge in [0.1, 0.15) is 17.2 Å². The minimum absolute atomic E-state index is 0.0238. The second-order valence-electron chi connectivity index (χ2n) is 10.0. The Morgan fingerprint density at radius 2 is 1.64 bits per heavy atom. The predicted octanol–water partition coefficient (Wildman–Crippen LogP) is 4.20. The molecule has 6 rings (SSSR count). The Bertz CT molecular complexity index is 1650. The van der Waals surface area contributed by atoms with Crippen LogP contribution in [0.3, 0.4) is 0 Å². The molecule has 0 bridgehead atoms. The zero-order valence-electron chi connectivity index (χ0n) is 21.8. The normalized spacial score (nSPS) is 16.6. The fourth-order valence-electron chi connectivity index (χ4n) is 5.48. The van der Waals surface area contributed by atoms with Crippen molar-refractivity contribution in [2.45, 2.75) is 24.6 Å². The van der Waals surface area contributed by atoms with E-state index in [2.05, 4.69) is 20.6 Å². The number of aromatic nitrogens is 4. The average Bonchev–Trinajstić information content (AvgIpc) is 3.56. The van der Waals surface area contributed by atoms with Crippen LogP contribution in [0.4, 0.5) is 27.6 Å². The third-order valence-electron chi connectivity index (χ3n) is 7.66. The summed E-state index contributed by atoms with van der Waals surface area (Å²) >= 11 is 0. The zero-order valence-corrected chi connectivity index (χ0v) is 21.8. The van der Waals surface area contributed by atoms with Crippen LogP contribution in [-0.2, 0) is 11.0 Å². The van der Waals surface area contributed by atoms with Gasteiger partial charge in [0.05, 0.1) is 36.0 Å². The molecule has 2 aliphatic heterocycles. The third kappa shape index (κ3) is 4.72. The number of amides is 2. The van der Waals surface area contributed by atoms with E-state index in [9.17, 15) is 31.5 Å². The Morgan fingerprint density at radius 3 is 2.29 bits per heavy atom. The monoisotopic (exact) mass is 583 g/mol. The molecule has 4 heterocycles. The first-order chi connectivity index (χ1) is 20.1. The number of carbonyl (C=O) groups is 2. The van der Waals surface area contributed by atoms with Crippen LogP contribution in [0, 0.1) is 11.6 Å². The molecule has 0 unspecified atom stereocenters. The van der Waals surface area contributed by atoms with Crippen LogP contribution in [0.1, 0.15) is 28.9 Å². The third-order valence-corrected chi connectivity index (χ3v) is 7.66. The fourth-order valence-corrected chi connectivity index (χ4v) is 5.48. The highest BCUT2D eigenvalue weighted by atomic mass is 19.4. The minimum atomic E-state index is -4.88. The topological polar surface area (TPSA) is 96.2 Å². The van der Waals surface area contributed by atoms with E-state index >= 15 is 0 Å². The van der Waals surface area contributed by atoms with Gasteiger partial charge in [-0.05, 0) is 61.4 Å². The quantitative estimate of drug-likeness (QED) is 0.362. The van der Waals surface area contributed by atoms with Crippen LogP contribution in [0.15, 0.2) is 67.0 Å². The summed E-state index contributed by atoms with van der Waals surface area (Å²) in [4.78, 5) is 30.0. The Kier molecular flexibility index (Phi) is 6.62. The maximum atomic E-state index is 14.5. The summed E-state index contributed by atoms with van der Waals surface area (Å²) in [6.45, 7) is 0.658. The summed E-state index contributed by atoms with van der Waals surface area (Å²) < 4.78 is 68.6. The van der Waals surface area contributed by atoms with Crippen molar-refractivity contribution in [2.24, 2.45) is 0 Å². The van der Waals surface area contributed by atoms with Gasteiger partial charge in [0.25, 0.3) is 5.91 Å². The maximum Gasteiger partial charge on any atom is 0.419 e. The van der Waals surface area contributed by atoms with Gasteiger partial charge in [-0.3, -0.25) is 9.59 Å². The molecule has 0 aliphatic carbocycles. The smallest absolute Gasteiger partial charge is 0.339 e. The Balaban J connectivity index is 1.29. The van der Waals surface area contributed by atoms with E-state index in [4.69, 9.17) is 0 Å². The second-order valence-corrected chi connectivity index (χ2v) is 10.0. The molecule has 0 atom stereocenters. The van der Waals surface area contributed by atoms with Gasteiger partial charge in [0, 0.05) is 30.4 Å². The first-order valence-electron chi connectivity index (χ1n) is 12.9. The molecule has 2 amide bonds. The highest BCUT2D eigenvalue weighted by Gasteiger charge is 2.51. The highest BCUT2D eigenvalue weighted by molar-refractivity contribution is 5.96. The SMILES string of the molecule is O=C(c1cc(-c2ccnnc2)n(-c2ccc(C(F)(F)F)c(F)c2)n1)N1CCC2(CC1)C(=O)NCN2c1ccc(F)cc1. The van der Waals surface area contributed by atoms with Crippen molar-refractivity contribution in [1.29, 1.82) is 0 Å². The van der Waals surface area contributed by atoms with Crippen molar-refractivity contribution in [1.82, 2.24) is 30.2 Å². The van der Waals surface area contributed by atoms with Crippen molar-refractivity contribution in [3.8, 4) is 16.9 Å². The van der Waals surface area contributed by atoms with Crippen molar-refractivity contribution >= 4 is 17.5 Å². The van der Waals surface area contributed by atoms with Crippen LogP contribution in [-0.4, -0.2) is 62.0 Å². The molecular formula is C28H22F5N7O2. The van der Waals surface area contributed by atoms with Crippen molar-refractivity contribution < 1.29 is 31.5 Å². The number of rotatable bonds is 4. The average molecular weight is 584 g/mol. The molecule has 2 fully saturated rings. The van der Waals surface area contributed by atoms with Crippen LogP contribution >= 0.6 is 0 Å². The molecule has 42 heavy (non-hydrogen) atoms. The van der Waals surface area contributed by atoms with Gasteiger partial charge < -0.3 is 15.1 Å². The number of anilines is 1. The number of hydrogen-bond acceptors (Lipinski definition) is 6. The lowest BCUT2D eigenvalue weighted by Crippen LogP contribution is -2.57. The summed E-state index contributed by atoms with van der Waals surface area (Å²) in [6.07, 6.45) is -1.50. The molecule has 4 aromatic rings. The molecular weight excluding hydrogens is 561 g/mol. The fraction of sp³-hybridized carbons (Fsp3) is 0.250. The Morgan fingerprint density at radius 1 is 0.929 bits per heavy atom. The number of halogens is 5. The van der Waals surface area contributed by atoms with E-state index in [1.54, 1.807) is 18.2 Å². The van der Waals surface area contributed by atoms with Crippen LogP contribution in [0.2, 0.25) is 0 Å². The van der Waals surface area contributed by atoms with Gasteiger partial charge in [0.2, 0.25) is 5.91 Å². The van der Waals surface area contributed by atoms with Crippen molar-refractivity contribution in [3.05, 3.63) is 89.9 Å². The van der Waals surface area contributed by atoms with E-state index in [1.807, 2.05) is 4.90 Å². The molecule has 0 saturated carbocycles. The summed E-state index contributed by atoms with van der Waals surface area (Å²) in [5.74, 6) is -2.53. The first kappa shape index (κ1) is 27.3. The molecule has 2 aliphatic rings. The summed E-state index contributed by atoms with van der Waals surface area (Å²) in [5.41, 5.74) is -0.974. The van der Waals surface area contributed by atoms with Crippen molar-refractivity contribution in [2.75, 3.05) is 24.7 Å². The molecule has 1 N–H and O–H groups in total. The predicted molar refractivity (Wildman–Crippen MR) is 139 cm³/mol. The number of likely N-dealkylation sites (tertiary alicyclic amines) is 1. The van der Waals surface area contributed by atoms with Crippen LogP contribution in [0.25, 0.3) is 16.9 Å². The van der Waals surface area contributed by atoms with Crippen molar-refractivity contribution in [3.63, 3.8) is 0 Å². The zero-order chi connectivity index (χ0) is 29.6. The highest BCUT2D eigenvalue weighted by Crippen LogP contribution is 2.37. The lowest BCUT2D eigenvalue weighted by atomic mass is 9.85. The van der Waals surface area contributed by atoms with Gasteiger partial charge in [0.15, 0.2) is 5.69 Å². The van der Waals surface area contributed by atoms with Gasteiger partial charge >= 0.3 is 6.18 Å². The number of nitrogens with one attached hydrogen (secondary N) is 1. The van der Waals surface area contributed by atoms with E-state index in [0.29, 0.717) is 41.9 Å². The Labute approximate surface area is 235 Å². The van der Waals surface area contributed by atoms with Gasteiger partial charge in [-0.15, -0.1) is 0 Å². The number of alkyl halides is 3. The molecule has 0 radical (unpaired) electrons. The molecule has 1 spiro atoms. The molecule has 2 saturated heterocycles. The Hall–Kier alpha value is -4.88. The number of piperidine rings is 1. The standard InChI is InChI=1S/C28H22F5N7O2/c29-18-1-3-19(4-2-18)39-16-34-26(42)27(39)8-11-38(12-9-27)25(41)23-14-24(17-7-10-35-36-15-17)40(37-23)20-5-6-21(22(30)13-20)28(31,32)33/h1-7,10,13-15H,8-9,11-12,16H2,(H,34,42). The van der Waals surface area contributed by atoms with E-state index in [0.717, 1.165) is 6.07 Å². The molecule has 2 aromatic heterocycles. The van der Waals surface area contributed by atoms with Gasteiger partial charge in [-0.25, -0.2) is 13.5 Å². The summed E-state index contributed by atoms with van der Waals surface area (Å²) in [7, 11) is 0. The second kappa shape index (κ2) is 10.2. The molecule has 14 heteroatoms.